The Bertz CT molecular complexity index is 497. The largest absolute Gasteiger partial charge is 0.481 e. The quantitative estimate of drug-likeness (QED) is 0.719. The summed E-state index contributed by atoms with van der Waals surface area (Å²) in [7, 11) is 0. The van der Waals surface area contributed by atoms with Crippen LogP contribution >= 0.6 is 0 Å². The second-order valence-corrected chi connectivity index (χ2v) is 8.97. The molecule has 0 spiro atoms. The lowest BCUT2D eigenvalue weighted by molar-refractivity contribution is -0.188. The summed E-state index contributed by atoms with van der Waals surface area (Å²) in [4.78, 5) is 34.6. The number of carbonyl (C=O) groups is 3. The highest BCUT2D eigenvalue weighted by molar-refractivity contribution is 5.74. The van der Waals surface area contributed by atoms with Crippen LogP contribution in [0, 0.1) is 16.2 Å². The molecule has 4 saturated carbocycles. The van der Waals surface area contributed by atoms with E-state index in [0.29, 0.717) is 19.3 Å². The number of hydrogen-bond donors (Lipinski definition) is 3. The molecule has 0 radical (unpaired) electrons. The second kappa shape index (κ2) is 4.71. The van der Waals surface area contributed by atoms with Gasteiger partial charge in [-0.2, -0.15) is 0 Å². The van der Waals surface area contributed by atoms with E-state index in [2.05, 4.69) is 12.2 Å². The number of hydrogen-bond acceptors (Lipinski definition) is 3. The molecule has 23 heavy (non-hydrogen) atoms. The van der Waals surface area contributed by atoms with Crippen LogP contribution in [0.2, 0.25) is 0 Å². The van der Waals surface area contributed by atoms with Crippen molar-refractivity contribution >= 4 is 17.8 Å². The minimum Gasteiger partial charge on any atom is -0.481 e. The molecule has 0 aromatic heterocycles. The van der Waals surface area contributed by atoms with Gasteiger partial charge in [-0.25, -0.2) is 0 Å². The van der Waals surface area contributed by atoms with Crippen LogP contribution < -0.4 is 5.32 Å². The first kappa shape index (κ1) is 16.3. The Kier molecular flexibility index (Phi) is 3.33. The molecule has 2 atom stereocenters. The number of carboxylic acids is 2. The first-order valence-electron chi connectivity index (χ1n) is 8.22. The molecule has 0 aliphatic heterocycles. The van der Waals surface area contributed by atoms with Gasteiger partial charge in [-0.1, -0.05) is 6.92 Å². The normalized spacial score (nSPS) is 44.1. The Morgan fingerprint density at radius 2 is 1.35 bits per heavy atom. The number of carboxylic acid groups (broad SMARTS) is 2. The zero-order chi connectivity index (χ0) is 17.1. The summed E-state index contributed by atoms with van der Waals surface area (Å²) in [6.07, 6.45) is 4.53. The van der Waals surface area contributed by atoms with E-state index >= 15 is 0 Å². The van der Waals surface area contributed by atoms with Crippen LogP contribution in [0.4, 0.5) is 0 Å². The van der Waals surface area contributed by atoms with E-state index in [1.807, 2.05) is 0 Å². The molecule has 4 aliphatic carbocycles. The summed E-state index contributed by atoms with van der Waals surface area (Å²) in [5, 5.41) is 21.9. The van der Waals surface area contributed by atoms with Gasteiger partial charge in [0, 0.05) is 12.5 Å². The van der Waals surface area contributed by atoms with Crippen LogP contribution in [0.5, 0.6) is 0 Å². The van der Waals surface area contributed by atoms with Crippen molar-refractivity contribution in [1.82, 2.24) is 5.32 Å². The van der Waals surface area contributed by atoms with Gasteiger partial charge in [-0.05, 0) is 54.8 Å². The van der Waals surface area contributed by atoms with E-state index in [0.717, 1.165) is 19.3 Å². The van der Waals surface area contributed by atoms with Gasteiger partial charge in [0.2, 0.25) is 5.91 Å². The lowest BCUT2D eigenvalue weighted by atomic mass is 9.36. The third-order valence-corrected chi connectivity index (χ3v) is 6.04. The Hall–Kier alpha value is -1.59. The number of nitrogens with one attached hydrogen (secondary N) is 1. The molecule has 0 saturated heterocycles. The summed E-state index contributed by atoms with van der Waals surface area (Å²) in [5.74, 6) is -1.79. The van der Waals surface area contributed by atoms with Crippen LogP contribution in [-0.2, 0) is 14.4 Å². The van der Waals surface area contributed by atoms with Crippen molar-refractivity contribution in [2.75, 3.05) is 0 Å². The molecule has 6 nitrogen and oxygen atoms in total. The van der Waals surface area contributed by atoms with Gasteiger partial charge in [0.25, 0.3) is 0 Å². The smallest absolute Gasteiger partial charge is 0.303 e. The Balaban J connectivity index is 2.04. The minimum absolute atomic E-state index is 0.0608. The second-order valence-electron chi connectivity index (χ2n) is 8.97. The molecular weight excluding hydrogens is 298 g/mol. The van der Waals surface area contributed by atoms with E-state index in [1.54, 1.807) is 0 Å². The zero-order valence-electron chi connectivity index (χ0n) is 13.8. The van der Waals surface area contributed by atoms with Crippen LogP contribution in [0.3, 0.4) is 0 Å². The van der Waals surface area contributed by atoms with E-state index < -0.39 is 28.3 Å². The summed E-state index contributed by atoms with van der Waals surface area (Å²) in [5.41, 5.74) is -1.33. The highest BCUT2D eigenvalue weighted by Crippen LogP contribution is 2.72. The summed E-state index contributed by atoms with van der Waals surface area (Å²) in [6.45, 7) is 3.61. The van der Waals surface area contributed by atoms with Gasteiger partial charge in [0.05, 0.1) is 12.8 Å². The van der Waals surface area contributed by atoms with E-state index in [1.165, 1.54) is 6.92 Å². The van der Waals surface area contributed by atoms with E-state index in [-0.39, 0.29) is 24.2 Å². The lowest BCUT2D eigenvalue weighted by Gasteiger charge is -2.70. The zero-order valence-corrected chi connectivity index (χ0v) is 13.8. The predicted molar refractivity (Wildman–Crippen MR) is 81.7 cm³/mol. The maximum absolute atomic E-state index is 11.7. The Morgan fingerprint density at radius 1 is 0.870 bits per heavy atom. The molecule has 3 N–H and O–H groups in total. The molecule has 4 fully saturated rings. The van der Waals surface area contributed by atoms with Gasteiger partial charge in [-0.3, -0.25) is 14.4 Å². The maximum Gasteiger partial charge on any atom is 0.303 e. The molecule has 0 heterocycles. The molecule has 4 aliphatic rings. The molecule has 1 amide bonds. The summed E-state index contributed by atoms with van der Waals surface area (Å²) in [6, 6.07) is 0. The highest BCUT2D eigenvalue weighted by atomic mass is 16.4. The maximum atomic E-state index is 11.7. The van der Waals surface area contributed by atoms with Gasteiger partial charge >= 0.3 is 11.9 Å². The monoisotopic (exact) mass is 323 g/mol. The van der Waals surface area contributed by atoms with Crippen LogP contribution in [-0.4, -0.2) is 33.6 Å². The van der Waals surface area contributed by atoms with Gasteiger partial charge in [0.15, 0.2) is 0 Å². The molecule has 2 unspecified atom stereocenters. The highest BCUT2D eigenvalue weighted by Gasteiger charge is 2.67. The molecule has 0 aromatic carbocycles. The number of carbonyl (C=O) groups excluding carboxylic acids is 1. The van der Waals surface area contributed by atoms with Gasteiger partial charge < -0.3 is 15.5 Å². The Labute approximate surface area is 135 Å². The van der Waals surface area contributed by atoms with E-state index in [4.69, 9.17) is 0 Å². The first-order chi connectivity index (χ1) is 10.5. The molecule has 4 rings (SSSR count). The third-order valence-electron chi connectivity index (χ3n) is 6.04. The summed E-state index contributed by atoms with van der Waals surface area (Å²) >= 11 is 0. The van der Waals surface area contributed by atoms with E-state index in [9.17, 15) is 24.6 Å². The van der Waals surface area contributed by atoms with Crippen molar-refractivity contribution in [3.05, 3.63) is 0 Å². The van der Waals surface area contributed by atoms with Gasteiger partial charge in [-0.15, -0.1) is 0 Å². The number of amides is 1. The average molecular weight is 323 g/mol. The predicted octanol–water partition coefficient (Wildman–Crippen LogP) is 2.17. The standard InChI is InChI=1S/C17H25NO5/c1-11(19)18-17-7-14(2)5-15(9-17,3-12(20)21)8-16(6-14,10-17)4-13(22)23/h3-10H2,1-2H3,(H,18,19)(H,20,21)(H,22,23). The van der Waals surface area contributed by atoms with Crippen LogP contribution in [0.15, 0.2) is 0 Å². The molecule has 128 valence electrons. The molecule has 0 aromatic rings. The summed E-state index contributed by atoms with van der Waals surface area (Å²) < 4.78 is 0. The molecule has 4 bridgehead atoms. The molecular formula is C17H25NO5. The Morgan fingerprint density at radius 3 is 1.74 bits per heavy atom. The lowest BCUT2D eigenvalue weighted by Crippen LogP contribution is -2.69. The van der Waals surface area contributed by atoms with Crippen LogP contribution in [0.25, 0.3) is 0 Å². The van der Waals surface area contributed by atoms with Crippen molar-refractivity contribution < 1.29 is 24.6 Å². The SMILES string of the molecule is CC(=O)NC12CC3(C)CC(CC(=O)O)(CC(CC(=O)O)(C3)C1)C2. The van der Waals surface area contributed by atoms with Crippen LogP contribution in [0.1, 0.15) is 65.2 Å². The van der Waals surface area contributed by atoms with Crippen molar-refractivity contribution in [2.24, 2.45) is 16.2 Å². The van der Waals surface area contributed by atoms with Crippen molar-refractivity contribution in [1.29, 1.82) is 0 Å². The minimum atomic E-state index is -0.834. The fourth-order valence-corrected chi connectivity index (χ4v) is 7.13. The van der Waals surface area contributed by atoms with Crippen molar-refractivity contribution in [2.45, 2.75) is 70.8 Å². The number of aliphatic carboxylic acids is 2. The third kappa shape index (κ3) is 2.83. The van der Waals surface area contributed by atoms with Crippen molar-refractivity contribution in [3.8, 4) is 0 Å². The fourth-order valence-electron chi connectivity index (χ4n) is 7.13. The first-order valence-corrected chi connectivity index (χ1v) is 8.22. The number of rotatable bonds is 5. The van der Waals surface area contributed by atoms with Gasteiger partial charge in [0.1, 0.15) is 0 Å². The topological polar surface area (TPSA) is 104 Å². The molecule has 6 heteroatoms. The average Bonchev–Trinajstić information content (AvgIpc) is 2.17. The van der Waals surface area contributed by atoms with Crippen molar-refractivity contribution in [3.63, 3.8) is 0 Å². The fraction of sp³-hybridized carbons (Fsp3) is 0.824.